The lowest BCUT2D eigenvalue weighted by atomic mass is 10.1. The van der Waals surface area contributed by atoms with Gasteiger partial charge in [-0.1, -0.05) is 18.2 Å². The molecular formula is C18H16F3N5O2. The van der Waals surface area contributed by atoms with Gasteiger partial charge >= 0.3 is 6.18 Å². The minimum Gasteiger partial charge on any atom is -0.480 e. The minimum atomic E-state index is -4.53. The third-order valence-electron chi connectivity index (χ3n) is 4.05. The molecule has 1 amide bonds. The summed E-state index contributed by atoms with van der Waals surface area (Å²) in [6, 6.07) is 8.19. The Kier molecular flexibility index (Phi) is 5.04. The van der Waals surface area contributed by atoms with Crippen molar-refractivity contribution < 1.29 is 22.7 Å². The Morgan fingerprint density at radius 2 is 1.89 bits per heavy atom. The second kappa shape index (κ2) is 7.29. The lowest BCUT2D eigenvalue weighted by Gasteiger charge is -2.16. The summed E-state index contributed by atoms with van der Waals surface area (Å²) in [7, 11) is 1.54. The van der Waals surface area contributed by atoms with Gasteiger partial charge in [0.2, 0.25) is 0 Å². The van der Waals surface area contributed by atoms with Crippen LogP contribution < -0.4 is 10.5 Å². The molecule has 2 aromatic heterocycles. The number of carbonyl (C=O) groups excluding carboxylic acids is 1. The largest absolute Gasteiger partial charge is 0.480 e. The minimum absolute atomic E-state index is 0.0414. The Morgan fingerprint density at radius 3 is 2.57 bits per heavy atom. The summed E-state index contributed by atoms with van der Waals surface area (Å²) >= 11 is 0. The number of hydrogen-bond donors (Lipinski definition) is 1. The topological polar surface area (TPSA) is 95.9 Å². The first kappa shape index (κ1) is 19.3. The molecule has 3 rings (SSSR count). The first-order valence-electron chi connectivity index (χ1n) is 8.17. The van der Waals surface area contributed by atoms with Gasteiger partial charge in [0.25, 0.3) is 5.91 Å². The molecule has 7 nitrogen and oxygen atoms in total. The molecule has 0 bridgehead atoms. The van der Waals surface area contributed by atoms with Crippen LogP contribution in [0.2, 0.25) is 0 Å². The zero-order valence-corrected chi connectivity index (χ0v) is 14.9. The van der Waals surface area contributed by atoms with Crippen LogP contribution in [0.4, 0.5) is 13.2 Å². The highest BCUT2D eigenvalue weighted by Gasteiger charge is 2.35. The van der Waals surface area contributed by atoms with Crippen molar-refractivity contribution in [2.75, 3.05) is 0 Å². The fourth-order valence-electron chi connectivity index (χ4n) is 2.77. The summed E-state index contributed by atoms with van der Waals surface area (Å²) in [5, 5.41) is 7.88. The molecule has 2 N–H and O–H groups in total. The number of carbonyl (C=O) groups is 1. The van der Waals surface area contributed by atoms with E-state index in [-0.39, 0.29) is 28.7 Å². The van der Waals surface area contributed by atoms with Crippen LogP contribution >= 0.6 is 0 Å². The van der Waals surface area contributed by atoms with Gasteiger partial charge < -0.3 is 15.0 Å². The molecule has 0 aliphatic heterocycles. The lowest BCUT2D eigenvalue weighted by Crippen LogP contribution is -2.17. The number of nitrogens with two attached hydrogens (primary N) is 1. The van der Waals surface area contributed by atoms with Crippen molar-refractivity contribution in [3.63, 3.8) is 0 Å². The second-order valence-corrected chi connectivity index (χ2v) is 5.96. The number of primary amides is 1. The first-order chi connectivity index (χ1) is 13.2. The number of rotatable bonds is 5. The number of amides is 1. The van der Waals surface area contributed by atoms with E-state index in [4.69, 9.17) is 10.5 Å². The summed E-state index contributed by atoms with van der Waals surface area (Å²) in [6.45, 7) is 1.63. The predicted molar refractivity (Wildman–Crippen MR) is 93.2 cm³/mol. The van der Waals surface area contributed by atoms with E-state index in [1.165, 1.54) is 42.1 Å². The zero-order valence-electron chi connectivity index (χ0n) is 14.9. The van der Waals surface area contributed by atoms with Crippen molar-refractivity contribution >= 4 is 5.91 Å². The summed E-state index contributed by atoms with van der Waals surface area (Å²) in [5.41, 5.74) is 4.31. The van der Waals surface area contributed by atoms with Crippen LogP contribution in [-0.4, -0.2) is 25.7 Å². The molecule has 28 heavy (non-hydrogen) atoms. The normalized spacial score (nSPS) is 12.6. The molecular weight excluding hydrogens is 375 g/mol. The van der Waals surface area contributed by atoms with Gasteiger partial charge in [-0.05, 0) is 25.1 Å². The maximum absolute atomic E-state index is 13.3. The van der Waals surface area contributed by atoms with Crippen molar-refractivity contribution in [1.29, 1.82) is 0 Å². The predicted octanol–water partition coefficient (Wildman–Crippen LogP) is 3.13. The number of hydrogen-bond acceptors (Lipinski definition) is 5. The summed E-state index contributed by atoms with van der Waals surface area (Å²) < 4.78 is 47.0. The number of pyridine rings is 1. The van der Waals surface area contributed by atoms with Crippen LogP contribution in [0.3, 0.4) is 0 Å². The fraction of sp³-hybridized carbons (Fsp3) is 0.222. The SMILES string of the molecule is C[C@H](Oc1cccnc1C(N)=O)c1nnc(-c2ccccc2C(F)(F)F)n1C. The van der Waals surface area contributed by atoms with Gasteiger partial charge in [0.15, 0.2) is 29.2 Å². The molecule has 10 heteroatoms. The number of halogens is 3. The third kappa shape index (κ3) is 3.66. The van der Waals surface area contributed by atoms with Crippen LogP contribution in [0.15, 0.2) is 42.6 Å². The number of benzene rings is 1. The lowest BCUT2D eigenvalue weighted by molar-refractivity contribution is -0.137. The van der Waals surface area contributed by atoms with E-state index in [9.17, 15) is 18.0 Å². The quantitative estimate of drug-likeness (QED) is 0.721. The van der Waals surface area contributed by atoms with E-state index in [1.807, 2.05) is 0 Å². The Hall–Kier alpha value is -3.43. The van der Waals surface area contributed by atoms with Gasteiger partial charge in [0.1, 0.15) is 0 Å². The van der Waals surface area contributed by atoms with Gasteiger partial charge in [-0.15, -0.1) is 10.2 Å². The zero-order chi connectivity index (χ0) is 20.5. The van der Waals surface area contributed by atoms with Crippen molar-refractivity contribution in [3.05, 3.63) is 59.7 Å². The van der Waals surface area contributed by atoms with Crippen molar-refractivity contribution in [2.45, 2.75) is 19.2 Å². The number of alkyl halides is 3. The van der Waals surface area contributed by atoms with Crippen LogP contribution in [0.5, 0.6) is 5.75 Å². The van der Waals surface area contributed by atoms with E-state index in [1.54, 1.807) is 13.0 Å². The molecule has 0 radical (unpaired) electrons. The van der Waals surface area contributed by atoms with Gasteiger partial charge in [-0.2, -0.15) is 13.2 Å². The van der Waals surface area contributed by atoms with E-state index in [2.05, 4.69) is 15.2 Å². The van der Waals surface area contributed by atoms with Crippen molar-refractivity contribution in [3.8, 4) is 17.1 Å². The van der Waals surface area contributed by atoms with E-state index >= 15 is 0 Å². The van der Waals surface area contributed by atoms with E-state index < -0.39 is 23.8 Å². The summed E-state index contributed by atoms with van der Waals surface area (Å²) in [4.78, 5) is 15.3. The van der Waals surface area contributed by atoms with Gasteiger partial charge in [0.05, 0.1) is 5.56 Å². The average molecular weight is 391 g/mol. The van der Waals surface area contributed by atoms with Gasteiger partial charge in [-0.3, -0.25) is 4.79 Å². The maximum atomic E-state index is 13.3. The molecule has 0 spiro atoms. The summed E-state index contributed by atoms with van der Waals surface area (Å²) in [6.07, 6.45) is -3.87. The van der Waals surface area contributed by atoms with Gasteiger partial charge in [0, 0.05) is 18.8 Å². The highest BCUT2D eigenvalue weighted by Crippen LogP contribution is 2.36. The summed E-state index contributed by atoms with van der Waals surface area (Å²) in [5.74, 6) is -0.311. The molecule has 3 aromatic rings. The van der Waals surface area contributed by atoms with Crippen LogP contribution in [-0.2, 0) is 13.2 Å². The first-order valence-corrected chi connectivity index (χ1v) is 8.17. The van der Waals surface area contributed by atoms with Crippen LogP contribution in [0.25, 0.3) is 11.4 Å². The van der Waals surface area contributed by atoms with E-state index in [0.29, 0.717) is 0 Å². The van der Waals surface area contributed by atoms with Gasteiger partial charge in [-0.25, -0.2) is 4.98 Å². The van der Waals surface area contributed by atoms with Crippen molar-refractivity contribution in [1.82, 2.24) is 19.7 Å². The van der Waals surface area contributed by atoms with Crippen LogP contribution in [0, 0.1) is 0 Å². The Bertz CT molecular complexity index is 1020. The highest BCUT2D eigenvalue weighted by atomic mass is 19.4. The molecule has 1 atom stereocenters. The number of nitrogens with zero attached hydrogens (tertiary/aromatic N) is 4. The second-order valence-electron chi connectivity index (χ2n) is 5.96. The molecule has 146 valence electrons. The molecule has 0 aliphatic rings. The molecule has 0 saturated carbocycles. The Morgan fingerprint density at radius 1 is 1.18 bits per heavy atom. The third-order valence-corrected chi connectivity index (χ3v) is 4.05. The smallest absolute Gasteiger partial charge is 0.417 e. The fourth-order valence-corrected chi connectivity index (χ4v) is 2.77. The monoisotopic (exact) mass is 391 g/mol. The van der Waals surface area contributed by atoms with E-state index in [0.717, 1.165) is 6.07 Å². The highest BCUT2D eigenvalue weighted by molar-refractivity contribution is 5.93. The number of ether oxygens (including phenoxy) is 1. The molecule has 0 unspecified atom stereocenters. The maximum Gasteiger partial charge on any atom is 0.417 e. The Balaban J connectivity index is 1.96. The molecule has 2 heterocycles. The molecule has 0 saturated heterocycles. The van der Waals surface area contributed by atoms with Crippen LogP contribution in [0.1, 0.15) is 34.9 Å². The molecule has 0 fully saturated rings. The Labute approximate surface area is 158 Å². The molecule has 1 aromatic carbocycles. The standard InChI is InChI=1S/C18H16F3N5O2/c1-10(28-13-8-5-9-23-14(13)15(22)27)16-24-25-17(26(16)2)11-6-3-4-7-12(11)18(19,20)21/h3-10H,1-2H3,(H2,22,27)/t10-/m0/s1. The molecule has 0 aliphatic carbocycles. The average Bonchev–Trinajstić information content (AvgIpc) is 3.02. The van der Waals surface area contributed by atoms with Crippen molar-refractivity contribution in [2.24, 2.45) is 12.8 Å². The number of aromatic nitrogens is 4.